The van der Waals surface area contributed by atoms with Gasteiger partial charge in [0.15, 0.2) is 5.54 Å². The van der Waals surface area contributed by atoms with Gasteiger partial charge in [-0.15, -0.1) is 0 Å². The molecule has 6 heteroatoms. The first-order valence-corrected chi connectivity index (χ1v) is 14.9. The first kappa shape index (κ1) is 27.0. The number of nitrogens with one attached hydrogen (secondary N) is 1. The molecule has 0 aliphatic carbocycles. The first-order valence-electron chi connectivity index (χ1n) is 11.9. The highest BCUT2D eigenvalue weighted by atomic mass is 32.2. The van der Waals surface area contributed by atoms with Gasteiger partial charge in [0.1, 0.15) is 0 Å². The van der Waals surface area contributed by atoms with Crippen LogP contribution in [-0.4, -0.2) is 23.9 Å². The van der Waals surface area contributed by atoms with Gasteiger partial charge in [0.2, 0.25) is 0 Å². The van der Waals surface area contributed by atoms with Crippen molar-refractivity contribution in [3.05, 3.63) is 96.6 Å². The van der Waals surface area contributed by atoms with E-state index >= 15 is 0 Å². The van der Waals surface area contributed by atoms with E-state index in [-0.39, 0.29) is 11.6 Å². The summed E-state index contributed by atoms with van der Waals surface area (Å²) in [6.45, 7) is 12.4. The van der Waals surface area contributed by atoms with Gasteiger partial charge < -0.3 is 4.43 Å². The van der Waals surface area contributed by atoms with Crippen molar-refractivity contribution in [2.45, 2.75) is 56.9 Å². The Kier molecular flexibility index (Phi) is 8.18. The van der Waals surface area contributed by atoms with Crippen LogP contribution in [0, 0.1) is 11.3 Å². The topological polar surface area (TPSA) is 62.1 Å². The molecule has 1 N–H and O–H groups in total. The summed E-state index contributed by atoms with van der Waals surface area (Å²) in [5.74, 6) is 0. The Bertz CT molecular complexity index is 1130. The fraction of sp³-hybridized carbons (Fsp3) is 0.345. The van der Waals surface area contributed by atoms with Crippen molar-refractivity contribution in [3.8, 4) is 6.07 Å². The molecule has 0 saturated heterocycles. The molecule has 0 heterocycles. The zero-order valence-electron chi connectivity index (χ0n) is 21.5. The Morgan fingerprint density at radius 3 is 1.60 bits per heavy atom. The van der Waals surface area contributed by atoms with E-state index in [1.54, 1.807) is 0 Å². The third kappa shape index (κ3) is 5.65. The third-order valence-corrected chi connectivity index (χ3v) is 12.8. The highest BCUT2D eigenvalue weighted by Gasteiger charge is 2.52. The van der Waals surface area contributed by atoms with E-state index in [1.807, 2.05) is 87.5 Å². The average molecular weight is 505 g/mol. The van der Waals surface area contributed by atoms with Crippen LogP contribution in [0.3, 0.4) is 0 Å². The van der Waals surface area contributed by atoms with Crippen LogP contribution in [0.1, 0.15) is 47.1 Å². The summed E-state index contributed by atoms with van der Waals surface area (Å²) in [7, 11) is -4.38. The zero-order chi connectivity index (χ0) is 25.7. The average Bonchev–Trinajstić information content (AvgIpc) is 2.84. The van der Waals surface area contributed by atoms with Crippen LogP contribution in [0.15, 0.2) is 91.0 Å². The van der Waals surface area contributed by atoms with Crippen LogP contribution in [0.25, 0.3) is 0 Å². The lowest BCUT2D eigenvalue weighted by molar-refractivity contribution is 0.230. The predicted octanol–water partition coefficient (Wildman–Crippen LogP) is 5.03. The highest BCUT2D eigenvalue weighted by Crippen LogP contribution is 2.38. The molecule has 0 aliphatic rings. The Hall–Kier alpha value is -2.56. The number of hydrogen-bond donors (Lipinski definition) is 1. The zero-order valence-corrected chi connectivity index (χ0v) is 23.4. The summed E-state index contributed by atoms with van der Waals surface area (Å²) in [6, 6.07) is 32.6. The molecule has 0 fully saturated rings. The number of hydrogen-bond acceptors (Lipinski definition) is 3. The molecule has 35 heavy (non-hydrogen) atoms. The molecule has 3 aromatic rings. The highest BCUT2D eigenvalue weighted by molar-refractivity contribution is 7.84. The summed E-state index contributed by atoms with van der Waals surface area (Å²) in [5.41, 5.74) is -0.551. The van der Waals surface area contributed by atoms with Crippen molar-refractivity contribution in [2.75, 3.05) is 6.61 Å². The predicted molar refractivity (Wildman–Crippen MR) is 148 cm³/mol. The Morgan fingerprint density at radius 2 is 1.23 bits per heavy atom. The van der Waals surface area contributed by atoms with Gasteiger partial charge in [-0.25, -0.2) is 8.93 Å². The van der Waals surface area contributed by atoms with E-state index in [4.69, 9.17) is 4.43 Å². The van der Waals surface area contributed by atoms with Crippen molar-refractivity contribution in [2.24, 2.45) is 0 Å². The monoisotopic (exact) mass is 504 g/mol. The lowest BCUT2D eigenvalue weighted by Crippen LogP contribution is -2.68. The number of nitriles is 1. The molecule has 184 valence electrons. The lowest BCUT2D eigenvalue weighted by Gasteiger charge is -2.45. The molecule has 0 saturated carbocycles. The van der Waals surface area contributed by atoms with Crippen molar-refractivity contribution in [1.82, 2.24) is 4.72 Å². The molecule has 0 bridgehead atoms. The van der Waals surface area contributed by atoms with E-state index in [0.29, 0.717) is 0 Å². The Morgan fingerprint density at radius 1 is 0.800 bits per heavy atom. The molecule has 3 rings (SSSR count). The molecule has 0 amide bonds. The number of nitrogens with zero attached hydrogens (tertiary/aromatic N) is 1. The largest absolute Gasteiger partial charge is 0.404 e. The molecular formula is C29H36N2O2SSi. The van der Waals surface area contributed by atoms with Crippen LogP contribution < -0.4 is 15.1 Å². The van der Waals surface area contributed by atoms with E-state index in [0.717, 1.165) is 15.9 Å². The standard InChI is InChI=1S/C29H36N2O2SSi/c1-27(2,3)34(32)31-29(22-30,24-16-10-7-11-17-24)23-33-35(28(4,5)6,25-18-12-8-13-19-25)26-20-14-9-15-21-26/h7-21,31H,23H2,1-6H3/t29-,34?/m1/s1. The quantitative estimate of drug-likeness (QED) is 0.438. The fourth-order valence-corrected chi connectivity index (χ4v) is 9.74. The van der Waals surface area contributed by atoms with Gasteiger partial charge in [0.05, 0.1) is 28.4 Å². The van der Waals surface area contributed by atoms with Crippen molar-refractivity contribution in [3.63, 3.8) is 0 Å². The SMILES string of the molecule is CC(C)(C)S(=O)N[C@](C#N)(CO[Si](c1ccccc1)(c1ccccc1)C(C)(C)C)c1ccccc1. The van der Waals surface area contributed by atoms with Gasteiger partial charge in [-0.3, -0.25) is 0 Å². The maximum atomic E-state index is 13.3. The minimum Gasteiger partial charge on any atom is -0.404 e. The molecular weight excluding hydrogens is 468 g/mol. The number of rotatable bonds is 8. The van der Waals surface area contributed by atoms with E-state index in [2.05, 4.69) is 55.8 Å². The lowest BCUT2D eigenvalue weighted by atomic mass is 9.94. The minimum absolute atomic E-state index is 0.0581. The van der Waals surface area contributed by atoms with Gasteiger partial charge in [-0.2, -0.15) is 5.26 Å². The molecule has 4 nitrogen and oxygen atoms in total. The van der Waals surface area contributed by atoms with Gasteiger partial charge in [0.25, 0.3) is 8.32 Å². The number of benzene rings is 3. The summed E-state index contributed by atoms with van der Waals surface area (Å²) in [4.78, 5) is 0. The van der Waals surface area contributed by atoms with Crippen LogP contribution >= 0.6 is 0 Å². The molecule has 2 atom stereocenters. The first-order chi connectivity index (χ1) is 16.5. The Labute approximate surface area is 214 Å². The molecule has 3 aromatic carbocycles. The summed E-state index contributed by atoms with van der Waals surface area (Å²) in [5, 5.41) is 12.6. The van der Waals surface area contributed by atoms with Crippen molar-refractivity contribution >= 4 is 29.7 Å². The Balaban J connectivity index is 2.19. The van der Waals surface area contributed by atoms with Gasteiger partial charge >= 0.3 is 0 Å². The maximum Gasteiger partial charge on any atom is 0.261 e. The molecule has 1 unspecified atom stereocenters. The van der Waals surface area contributed by atoms with E-state index in [1.165, 1.54) is 0 Å². The second kappa shape index (κ2) is 10.6. The summed E-state index contributed by atoms with van der Waals surface area (Å²) < 4.78 is 23.0. The van der Waals surface area contributed by atoms with Crippen molar-refractivity contribution in [1.29, 1.82) is 5.26 Å². The summed E-state index contributed by atoms with van der Waals surface area (Å²) in [6.07, 6.45) is 0. The van der Waals surface area contributed by atoms with Crippen LogP contribution in [0.2, 0.25) is 5.04 Å². The molecule has 0 spiro atoms. The second-order valence-corrected chi connectivity index (χ2v) is 17.1. The molecule has 0 aliphatic heterocycles. The second-order valence-electron chi connectivity index (χ2n) is 10.8. The summed E-state index contributed by atoms with van der Waals surface area (Å²) >= 11 is 0. The normalized spacial score (nSPS) is 15.1. The maximum absolute atomic E-state index is 13.3. The van der Waals surface area contributed by atoms with E-state index < -0.39 is 29.6 Å². The van der Waals surface area contributed by atoms with Crippen LogP contribution in [0.5, 0.6) is 0 Å². The van der Waals surface area contributed by atoms with Crippen molar-refractivity contribution < 1.29 is 8.63 Å². The molecule has 0 aromatic heterocycles. The van der Waals surface area contributed by atoms with E-state index in [9.17, 15) is 9.47 Å². The smallest absolute Gasteiger partial charge is 0.261 e. The minimum atomic E-state index is -2.90. The van der Waals surface area contributed by atoms with Gasteiger partial charge in [-0.1, -0.05) is 112 Å². The van der Waals surface area contributed by atoms with Gasteiger partial charge in [-0.05, 0) is 41.7 Å². The van der Waals surface area contributed by atoms with Crippen LogP contribution in [0.4, 0.5) is 0 Å². The van der Waals surface area contributed by atoms with Crippen LogP contribution in [-0.2, 0) is 21.0 Å². The molecule has 0 radical (unpaired) electrons. The van der Waals surface area contributed by atoms with Gasteiger partial charge in [0, 0.05) is 0 Å². The third-order valence-electron chi connectivity index (χ3n) is 6.20. The fourth-order valence-electron chi connectivity index (χ4n) is 4.30.